The van der Waals surface area contributed by atoms with Gasteiger partial charge in [-0.1, -0.05) is 19.0 Å². The van der Waals surface area contributed by atoms with Gasteiger partial charge in [-0.15, -0.1) is 0 Å². The molecular weight excluding hydrogens is 298 g/mol. The van der Waals surface area contributed by atoms with Crippen LogP contribution >= 0.6 is 0 Å². The lowest BCUT2D eigenvalue weighted by Gasteiger charge is -2.02. The van der Waals surface area contributed by atoms with E-state index >= 15 is 0 Å². The second-order valence-electron chi connectivity index (χ2n) is 5.58. The van der Waals surface area contributed by atoms with Crippen molar-refractivity contribution in [1.29, 1.82) is 0 Å². The third-order valence-corrected chi connectivity index (χ3v) is 3.43. The Kier molecular flexibility index (Phi) is 3.81. The Labute approximate surface area is 132 Å². The molecule has 0 aliphatic rings. The minimum absolute atomic E-state index is 0.0669. The highest BCUT2D eigenvalue weighted by molar-refractivity contribution is 5.93. The SMILES string of the molecule is Cc1nn(C)c2ncc(C(=O)OCc3nc(C(C)C)no3)cc12. The molecule has 0 aliphatic carbocycles. The zero-order chi connectivity index (χ0) is 16.6. The van der Waals surface area contributed by atoms with Gasteiger partial charge in [0, 0.05) is 24.5 Å². The Bertz CT molecular complexity index is 865. The minimum Gasteiger partial charge on any atom is -0.452 e. The second kappa shape index (κ2) is 5.79. The maximum absolute atomic E-state index is 12.1. The fourth-order valence-electron chi connectivity index (χ4n) is 2.19. The molecule has 0 N–H and O–H groups in total. The first-order valence-corrected chi connectivity index (χ1v) is 7.24. The lowest BCUT2D eigenvalue weighted by molar-refractivity contribution is 0.0429. The predicted molar refractivity (Wildman–Crippen MR) is 80.8 cm³/mol. The molecule has 3 heterocycles. The number of carbonyl (C=O) groups excluding carboxylic acids is 1. The van der Waals surface area contributed by atoms with E-state index in [9.17, 15) is 4.79 Å². The van der Waals surface area contributed by atoms with Crippen LogP contribution in [0.1, 0.15) is 47.5 Å². The third-order valence-electron chi connectivity index (χ3n) is 3.43. The molecule has 0 saturated heterocycles. The summed E-state index contributed by atoms with van der Waals surface area (Å²) in [4.78, 5) is 20.6. The number of aryl methyl sites for hydroxylation is 2. The number of rotatable bonds is 4. The first kappa shape index (κ1) is 15.1. The summed E-state index contributed by atoms with van der Waals surface area (Å²) < 4.78 is 11.9. The van der Waals surface area contributed by atoms with Crippen LogP contribution in [0, 0.1) is 6.92 Å². The molecule has 0 aliphatic heterocycles. The van der Waals surface area contributed by atoms with Gasteiger partial charge in [-0.3, -0.25) is 4.68 Å². The van der Waals surface area contributed by atoms with Gasteiger partial charge in [0.1, 0.15) is 0 Å². The second-order valence-corrected chi connectivity index (χ2v) is 5.58. The highest BCUT2D eigenvalue weighted by Crippen LogP contribution is 2.17. The lowest BCUT2D eigenvalue weighted by atomic mass is 10.2. The maximum atomic E-state index is 12.1. The molecule has 0 spiro atoms. The fourth-order valence-corrected chi connectivity index (χ4v) is 2.19. The summed E-state index contributed by atoms with van der Waals surface area (Å²) in [5.74, 6) is 0.522. The van der Waals surface area contributed by atoms with Crippen molar-refractivity contribution in [3.05, 3.63) is 35.2 Å². The van der Waals surface area contributed by atoms with Crippen LogP contribution in [0.15, 0.2) is 16.8 Å². The average molecular weight is 315 g/mol. The van der Waals surface area contributed by atoms with Gasteiger partial charge >= 0.3 is 5.97 Å². The van der Waals surface area contributed by atoms with Crippen LogP contribution in [-0.4, -0.2) is 30.9 Å². The molecular formula is C15H17N5O3. The van der Waals surface area contributed by atoms with Crippen molar-refractivity contribution in [3.8, 4) is 0 Å². The quantitative estimate of drug-likeness (QED) is 0.680. The number of fused-ring (bicyclic) bond motifs is 1. The first-order chi connectivity index (χ1) is 11.0. The maximum Gasteiger partial charge on any atom is 0.340 e. The zero-order valence-electron chi connectivity index (χ0n) is 13.4. The van der Waals surface area contributed by atoms with Gasteiger partial charge in [0.15, 0.2) is 18.1 Å². The zero-order valence-corrected chi connectivity index (χ0v) is 13.4. The molecule has 0 atom stereocenters. The lowest BCUT2D eigenvalue weighted by Crippen LogP contribution is -2.06. The van der Waals surface area contributed by atoms with Crippen LogP contribution in [0.25, 0.3) is 11.0 Å². The largest absolute Gasteiger partial charge is 0.452 e. The summed E-state index contributed by atoms with van der Waals surface area (Å²) in [6.07, 6.45) is 1.47. The molecule has 120 valence electrons. The summed E-state index contributed by atoms with van der Waals surface area (Å²) in [5.41, 5.74) is 1.89. The Balaban J connectivity index is 1.73. The van der Waals surface area contributed by atoms with Crippen LogP contribution < -0.4 is 0 Å². The van der Waals surface area contributed by atoms with E-state index in [2.05, 4.69) is 20.2 Å². The van der Waals surface area contributed by atoms with E-state index in [4.69, 9.17) is 9.26 Å². The standard InChI is InChI=1S/C15H17N5O3/c1-8(2)13-17-12(23-19-13)7-22-15(21)10-5-11-9(3)18-20(4)14(11)16-6-10/h5-6,8H,7H2,1-4H3. The summed E-state index contributed by atoms with van der Waals surface area (Å²) in [7, 11) is 1.81. The van der Waals surface area contributed by atoms with E-state index in [0.717, 1.165) is 16.7 Å². The monoisotopic (exact) mass is 315 g/mol. The molecule has 0 amide bonds. The van der Waals surface area contributed by atoms with Gasteiger partial charge in [-0.05, 0) is 13.0 Å². The van der Waals surface area contributed by atoms with Gasteiger partial charge in [0.25, 0.3) is 5.89 Å². The predicted octanol–water partition coefficient (Wildman–Crippen LogP) is 2.14. The molecule has 3 aromatic rings. The third kappa shape index (κ3) is 2.92. The van der Waals surface area contributed by atoms with Gasteiger partial charge in [-0.25, -0.2) is 9.78 Å². The van der Waals surface area contributed by atoms with E-state index in [1.807, 2.05) is 27.8 Å². The highest BCUT2D eigenvalue weighted by atomic mass is 16.6. The number of pyridine rings is 1. The van der Waals surface area contributed by atoms with Crippen molar-refractivity contribution in [3.63, 3.8) is 0 Å². The van der Waals surface area contributed by atoms with Crippen LogP contribution in [-0.2, 0) is 18.4 Å². The molecule has 8 heteroatoms. The molecule has 3 rings (SSSR count). The van der Waals surface area contributed by atoms with Gasteiger partial charge < -0.3 is 9.26 Å². The molecule has 0 bridgehead atoms. The normalized spacial score (nSPS) is 11.3. The topological polar surface area (TPSA) is 95.9 Å². The van der Waals surface area contributed by atoms with E-state index in [1.54, 1.807) is 10.7 Å². The van der Waals surface area contributed by atoms with Gasteiger partial charge in [-0.2, -0.15) is 10.1 Å². The molecule has 0 fully saturated rings. The van der Waals surface area contributed by atoms with Crippen molar-refractivity contribution in [2.24, 2.45) is 7.05 Å². The van der Waals surface area contributed by atoms with Crippen molar-refractivity contribution >= 4 is 17.0 Å². The Morgan fingerprint density at radius 3 is 2.91 bits per heavy atom. The smallest absolute Gasteiger partial charge is 0.340 e. The number of hydrogen-bond acceptors (Lipinski definition) is 7. The number of aromatic nitrogens is 5. The van der Waals surface area contributed by atoms with Gasteiger partial charge in [0.05, 0.1) is 11.3 Å². The molecule has 0 radical (unpaired) electrons. The molecule has 8 nitrogen and oxygen atoms in total. The fraction of sp³-hybridized carbons (Fsp3) is 0.400. The summed E-state index contributed by atoms with van der Waals surface area (Å²) in [6, 6.07) is 1.72. The van der Waals surface area contributed by atoms with Crippen molar-refractivity contribution < 1.29 is 14.1 Å². The van der Waals surface area contributed by atoms with Crippen molar-refractivity contribution in [2.45, 2.75) is 33.3 Å². The van der Waals surface area contributed by atoms with Crippen LogP contribution in [0.5, 0.6) is 0 Å². The number of nitrogens with zero attached hydrogens (tertiary/aromatic N) is 5. The minimum atomic E-state index is -0.494. The average Bonchev–Trinajstić information content (AvgIpc) is 3.10. The molecule has 0 saturated carbocycles. The van der Waals surface area contributed by atoms with Crippen LogP contribution in [0.3, 0.4) is 0 Å². The molecule has 0 unspecified atom stereocenters. The number of carbonyl (C=O) groups is 1. The summed E-state index contributed by atoms with van der Waals surface area (Å²) >= 11 is 0. The summed E-state index contributed by atoms with van der Waals surface area (Å²) in [6.45, 7) is 5.71. The number of esters is 1. The van der Waals surface area contributed by atoms with E-state index < -0.39 is 5.97 Å². The highest BCUT2D eigenvalue weighted by Gasteiger charge is 2.15. The Morgan fingerprint density at radius 1 is 1.43 bits per heavy atom. The number of hydrogen-bond donors (Lipinski definition) is 0. The number of ether oxygens (including phenoxy) is 1. The van der Waals surface area contributed by atoms with Crippen LogP contribution in [0.2, 0.25) is 0 Å². The van der Waals surface area contributed by atoms with E-state index in [1.165, 1.54) is 6.20 Å². The van der Waals surface area contributed by atoms with Crippen molar-refractivity contribution in [2.75, 3.05) is 0 Å². The Hall–Kier alpha value is -2.77. The molecule has 0 aromatic carbocycles. The van der Waals surface area contributed by atoms with E-state index in [-0.39, 0.29) is 18.4 Å². The van der Waals surface area contributed by atoms with Crippen molar-refractivity contribution in [1.82, 2.24) is 24.9 Å². The van der Waals surface area contributed by atoms with E-state index in [0.29, 0.717) is 11.4 Å². The molecule has 3 aromatic heterocycles. The van der Waals surface area contributed by atoms with Crippen LogP contribution in [0.4, 0.5) is 0 Å². The first-order valence-electron chi connectivity index (χ1n) is 7.24. The van der Waals surface area contributed by atoms with Gasteiger partial charge in [0.2, 0.25) is 0 Å². The molecule has 23 heavy (non-hydrogen) atoms. The Morgan fingerprint density at radius 2 is 2.22 bits per heavy atom. The summed E-state index contributed by atoms with van der Waals surface area (Å²) in [5, 5.41) is 8.91.